The van der Waals surface area contributed by atoms with Crippen molar-refractivity contribution in [1.82, 2.24) is 9.55 Å². The van der Waals surface area contributed by atoms with Crippen LogP contribution in [0.25, 0.3) is 16.7 Å². The van der Waals surface area contributed by atoms with Gasteiger partial charge in [-0.05, 0) is 45.5 Å². The predicted molar refractivity (Wildman–Crippen MR) is 89.6 cm³/mol. The molecule has 2 aromatic rings. The largest absolute Gasteiger partial charge is 0.325 e. The van der Waals surface area contributed by atoms with Gasteiger partial charge >= 0.3 is 0 Å². The van der Waals surface area contributed by atoms with Crippen molar-refractivity contribution in [2.45, 2.75) is 52.0 Å². The number of fused-ring (bicyclic) bond motifs is 1. The van der Waals surface area contributed by atoms with Gasteiger partial charge in [-0.2, -0.15) is 0 Å². The minimum absolute atomic E-state index is 0.224. The molecule has 0 amide bonds. The molecule has 1 fully saturated rings. The van der Waals surface area contributed by atoms with Crippen molar-refractivity contribution < 1.29 is 4.39 Å². The lowest BCUT2D eigenvalue weighted by molar-refractivity contribution is 0.357. The van der Waals surface area contributed by atoms with Crippen molar-refractivity contribution in [3.8, 4) is 0 Å². The molecule has 1 aromatic carbocycles. The van der Waals surface area contributed by atoms with Crippen LogP contribution in [0.3, 0.4) is 0 Å². The third-order valence-corrected chi connectivity index (χ3v) is 4.50. The number of benzene rings is 1. The Morgan fingerprint density at radius 1 is 1.27 bits per heavy atom. The molecule has 0 bridgehead atoms. The van der Waals surface area contributed by atoms with E-state index >= 15 is 0 Å². The van der Waals surface area contributed by atoms with Crippen molar-refractivity contribution in [3.63, 3.8) is 0 Å². The average Bonchev–Trinajstić information content (AvgIpc) is 2.93. The summed E-state index contributed by atoms with van der Waals surface area (Å²) in [5.74, 6) is -0.224. The van der Waals surface area contributed by atoms with E-state index in [1.165, 1.54) is 19.3 Å². The Hall–Kier alpha value is -1.97. The van der Waals surface area contributed by atoms with Gasteiger partial charge in [-0.1, -0.05) is 24.8 Å². The first kappa shape index (κ1) is 14.9. The highest BCUT2D eigenvalue weighted by Gasteiger charge is 2.20. The normalized spacial score (nSPS) is 16.0. The maximum absolute atomic E-state index is 14.7. The number of imidazole rings is 1. The Kier molecular flexibility index (Phi) is 4.10. The second-order valence-corrected chi connectivity index (χ2v) is 6.28. The van der Waals surface area contributed by atoms with E-state index in [4.69, 9.17) is 0 Å². The van der Waals surface area contributed by atoms with E-state index in [0.29, 0.717) is 17.1 Å². The Balaban J connectivity index is 2.10. The maximum atomic E-state index is 14.7. The van der Waals surface area contributed by atoms with E-state index in [1.807, 2.05) is 24.5 Å². The van der Waals surface area contributed by atoms with Gasteiger partial charge in [0.25, 0.3) is 0 Å². The fourth-order valence-electron chi connectivity index (χ4n) is 3.43. The highest BCUT2D eigenvalue weighted by Crippen LogP contribution is 2.33. The van der Waals surface area contributed by atoms with E-state index in [2.05, 4.69) is 16.7 Å². The summed E-state index contributed by atoms with van der Waals surface area (Å²) >= 11 is 0. The maximum Gasteiger partial charge on any atom is 0.149 e. The van der Waals surface area contributed by atoms with Gasteiger partial charge in [0.15, 0.2) is 0 Å². The first-order valence-corrected chi connectivity index (χ1v) is 7.92. The van der Waals surface area contributed by atoms with Gasteiger partial charge in [0.05, 0.1) is 17.5 Å². The quantitative estimate of drug-likeness (QED) is 0.722. The number of hydrogen-bond donors (Lipinski definition) is 0. The van der Waals surface area contributed by atoms with Gasteiger partial charge in [-0.15, -0.1) is 0 Å². The molecule has 0 N–H and O–H groups in total. The van der Waals surface area contributed by atoms with Crippen LogP contribution in [0.15, 0.2) is 29.0 Å². The smallest absolute Gasteiger partial charge is 0.149 e. The number of hydrogen-bond acceptors (Lipinski definition) is 2. The molecule has 0 unspecified atom stereocenters. The lowest BCUT2D eigenvalue weighted by Crippen LogP contribution is -2.12. The highest BCUT2D eigenvalue weighted by atomic mass is 19.1. The van der Waals surface area contributed by atoms with Crippen LogP contribution >= 0.6 is 0 Å². The standard InChI is InChI=1S/C18H22FN3/c1-12(2)17(20-3)13-9-15(19)18-16(10-13)21-11-22(18)14-7-5-4-6-8-14/h9-11,14H,3-8H2,1-2H3. The van der Waals surface area contributed by atoms with E-state index in [1.54, 1.807) is 12.4 Å². The third kappa shape index (κ3) is 2.58. The molecule has 0 saturated heterocycles. The number of aromatic nitrogens is 2. The number of nitrogens with zero attached hydrogens (tertiary/aromatic N) is 3. The molecule has 1 aromatic heterocycles. The summed E-state index contributed by atoms with van der Waals surface area (Å²) in [6, 6.07) is 3.84. The van der Waals surface area contributed by atoms with Crippen LogP contribution < -0.4 is 0 Å². The molecule has 1 saturated carbocycles. The van der Waals surface area contributed by atoms with E-state index < -0.39 is 0 Å². The molecule has 22 heavy (non-hydrogen) atoms. The molecule has 1 aliphatic carbocycles. The van der Waals surface area contributed by atoms with E-state index in [-0.39, 0.29) is 5.82 Å². The van der Waals surface area contributed by atoms with Crippen LogP contribution in [-0.4, -0.2) is 16.3 Å². The van der Waals surface area contributed by atoms with Gasteiger partial charge in [-0.25, -0.2) is 9.37 Å². The molecule has 1 heterocycles. The summed E-state index contributed by atoms with van der Waals surface area (Å²) < 4.78 is 16.7. The van der Waals surface area contributed by atoms with Gasteiger partial charge < -0.3 is 4.57 Å². The Morgan fingerprint density at radius 3 is 2.64 bits per heavy atom. The average molecular weight is 299 g/mol. The molecule has 3 nitrogen and oxygen atoms in total. The van der Waals surface area contributed by atoms with Gasteiger partial charge in [0.2, 0.25) is 0 Å². The van der Waals surface area contributed by atoms with Gasteiger partial charge in [0, 0.05) is 11.6 Å². The van der Waals surface area contributed by atoms with E-state index in [0.717, 1.165) is 29.7 Å². The van der Waals surface area contributed by atoms with Crippen molar-refractivity contribution >= 4 is 23.4 Å². The van der Waals surface area contributed by atoms with Crippen molar-refractivity contribution in [3.05, 3.63) is 35.4 Å². The Morgan fingerprint density at radius 2 is 2.00 bits per heavy atom. The molecular weight excluding hydrogens is 277 g/mol. The molecule has 0 radical (unpaired) electrons. The van der Waals surface area contributed by atoms with Crippen molar-refractivity contribution in [2.75, 3.05) is 0 Å². The minimum atomic E-state index is -0.224. The fraction of sp³-hybridized carbons (Fsp3) is 0.444. The molecule has 3 rings (SSSR count). The van der Waals surface area contributed by atoms with Gasteiger partial charge in [0.1, 0.15) is 11.3 Å². The molecule has 1 aliphatic rings. The lowest BCUT2D eigenvalue weighted by Gasteiger charge is -2.23. The Labute approximate surface area is 130 Å². The van der Waals surface area contributed by atoms with Crippen LogP contribution in [0.4, 0.5) is 4.39 Å². The first-order chi connectivity index (χ1) is 10.6. The third-order valence-electron chi connectivity index (χ3n) is 4.50. The van der Waals surface area contributed by atoms with Gasteiger partial charge in [-0.3, -0.25) is 4.99 Å². The molecule has 0 aliphatic heterocycles. The summed E-state index contributed by atoms with van der Waals surface area (Å²) in [4.78, 5) is 8.46. The highest BCUT2D eigenvalue weighted by molar-refractivity contribution is 5.82. The predicted octanol–water partition coefficient (Wildman–Crippen LogP) is 5.13. The zero-order valence-corrected chi connectivity index (χ0v) is 13.3. The fourth-order valence-corrected chi connectivity index (χ4v) is 3.43. The van der Waals surface area contributed by atoms with Crippen molar-refractivity contribution in [2.24, 2.45) is 4.99 Å². The molecule has 0 atom stereocenters. The van der Waals surface area contributed by atoms with Crippen LogP contribution in [0.1, 0.15) is 57.6 Å². The number of allylic oxidation sites excluding steroid dienone is 1. The minimum Gasteiger partial charge on any atom is -0.325 e. The summed E-state index contributed by atoms with van der Waals surface area (Å²) in [6.45, 7) is 7.49. The monoisotopic (exact) mass is 299 g/mol. The van der Waals surface area contributed by atoms with Crippen LogP contribution in [0.5, 0.6) is 0 Å². The lowest BCUT2D eigenvalue weighted by atomic mass is 9.95. The van der Waals surface area contributed by atoms with Crippen LogP contribution in [0, 0.1) is 5.82 Å². The number of rotatable bonds is 3. The molecule has 116 valence electrons. The summed E-state index contributed by atoms with van der Waals surface area (Å²) in [6.07, 6.45) is 7.72. The summed E-state index contributed by atoms with van der Waals surface area (Å²) in [5.41, 5.74) is 3.80. The zero-order chi connectivity index (χ0) is 15.7. The number of halogens is 1. The summed E-state index contributed by atoms with van der Waals surface area (Å²) in [7, 11) is 0. The Bertz CT molecular complexity index is 732. The van der Waals surface area contributed by atoms with Crippen LogP contribution in [-0.2, 0) is 0 Å². The second-order valence-electron chi connectivity index (χ2n) is 6.28. The van der Waals surface area contributed by atoms with Crippen molar-refractivity contribution in [1.29, 1.82) is 0 Å². The number of aliphatic imine (C=N–C) groups is 1. The molecular formula is C18H22FN3. The second kappa shape index (κ2) is 6.03. The first-order valence-electron chi connectivity index (χ1n) is 7.92. The topological polar surface area (TPSA) is 30.2 Å². The molecule has 4 heteroatoms. The zero-order valence-electron chi connectivity index (χ0n) is 13.3. The molecule has 0 spiro atoms. The SMILES string of the molecule is C=NC(=C(C)C)c1cc(F)c2c(c1)ncn2C1CCCCC1. The summed E-state index contributed by atoms with van der Waals surface area (Å²) in [5, 5.41) is 0. The van der Waals surface area contributed by atoms with Crippen LogP contribution in [0.2, 0.25) is 0 Å². The van der Waals surface area contributed by atoms with E-state index in [9.17, 15) is 4.39 Å².